The smallest absolute Gasteiger partial charge is 0.255 e. The predicted molar refractivity (Wildman–Crippen MR) is 122 cm³/mol. The third-order valence-electron chi connectivity index (χ3n) is 4.91. The van der Waals surface area contributed by atoms with Crippen LogP contribution in [0.4, 0.5) is 0 Å². The Hall–Kier alpha value is -3.60. The molecule has 0 radical (unpaired) electrons. The summed E-state index contributed by atoms with van der Waals surface area (Å²) in [5.74, 6) is 0.311. The maximum absolute atomic E-state index is 12.4. The van der Waals surface area contributed by atoms with Gasteiger partial charge in [-0.15, -0.1) is 0 Å². The number of methoxy groups -OCH3 is 1. The summed E-state index contributed by atoms with van der Waals surface area (Å²) in [4.78, 5) is 26.4. The second-order valence-corrected chi connectivity index (χ2v) is 8.13. The number of pyridine rings is 1. The minimum absolute atomic E-state index is 0.139. The number of benzene rings is 2. The molecule has 30 heavy (non-hydrogen) atoms. The van der Waals surface area contributed by atoms with E-state index in [1.165, 1.54) is 0 Å². The quantitative estimate of drug-likeness (QED) is 0.611. The topological polar surface area (TPSA) is 85.2 Å². The second kappa shape index (κ2) is 8.41. The molecule has 154 valence electrons. The van der Waals surface area contributed by atoms with Crippen LogP contribution in [0.3, 0.4) is 0 Å². The number of ether oxygens (including phenoxy) is 1. The van der Waals surface area contributed by atoms with Gasteiger partial charge in [-0.05, 0) is 52.9 Å². The number of amides is 1. The van der Waals surface area contributed by atoms with E-state index in [9.17, 15) is 9.59 Å². The number of rotatable bonds is 5. The van der Waals surface area contributed by atoms with Crippen molar-refractivity contribution in [1.29, 1.82) is 0 Å². The van der Waals surface area contributed by atoms with Gasteiger partial charge in [-0.3, -0.25) is 9.59 Å². The summed E-state index contributed by atoms with van der Waals surface area (Å²) >= 11 is 0. The average Bonchev–Trinajstić information content (AvgIpc) is 2.71. The first kappa shape index (κ1) is 21.1. The highest BCUT2D eigenvalue weighted by molar-refractivity contribution is 5.93. The fraction of sp³-hybridized carbons (Fsp3) is 0.200. The van der Waals surface area contributed by atoms with E-state index >= 15 is 0 Å². The monoisotopic (exact) mass is 402 g/mol. The van der Waals surface area contributed by atoms with Gasteiger partial charge in [0.25, 0.3) is 5.56 Å². The molecule has 5 heteroatoms. The van der Waals surface area contributed by atoms with Crippen molar-refractivity contribution in [3.05, 3.63) is 87.3 Å². The molecule has 0 bridgehead atoms. The van der Waals surface area contributed by atoms with Crippen LogP contribution in [0.25, 0.3) is 23.3 Å². The Balaban J connectivity index is 2.14. The van der Waals surface area contributed by atoms with Crippen LogP contribution in [0.1, 0.15) is 47.8 Å². The van der Waals surface area contributed by atoms with Crippen LogP contribution >= 0.6 is 0 Å². The molecule has 1 aromatic heterocycles. The Bertz CT molecular complexity index is 1150. The molecule has 0 spiro atoms. The van der Waals surface area contributed by atoms with Crippen LogP contribution in [0.5, 0.6) is 5.75 Å². The lowest BCUT2D eigenvalue weighted by Gasteiger charge is -2.24. The summed E-state index contributed by atoms with van der Waals surface area (Å²) in [6.07, 6.45) is 5.51. The van der Waals surface area contributed by atoms with Gasteiger partial charge in [0.2, 0.25) is 5.91 Å². The maximum atomic E-state index is 12.4. The molecular weight excluding hydrogens is 376 g/mol. The van der Waals surface area contributed by atoms with Gasteiger partial charge in [0.05, 0.1) is 7.11 Å². The van der Waals surface area contributed by atoms with E-state index in [1.54, 1.807) is 25.4 Å². The normalized spacial score (nSPS) is 11.6. The number of aromatic amines is 1. The number of aromatic nitrogens is 1. The van der Waals surface area contributed by atoms with Crippen molar-refractivity contribution in [3.8, 4) is 16.9 Å². The van der Waals surface area contributed by atoms with Crippen LogP contribution in [0.15, 0.2) is 59.5 Å². The number of carbonyl (C=O) groups excluding carboxylic acids is 1. The first-order valence-electron chi connectivity index (χ1n) is 9.69. The van der Waals surface area contributed by atoms with Crippen molar-refractivity contribution in [2.24, 2.45) is 5.73 Å². The van der Waals surface area contributed by atoms with Crippen LogP contribution < -0.4 is 16.0 Å². The highest BCUT2D eigenvalue weighted by Gasteiger charge is 2.22. The molecule has 2 aromatic carbocycles. The van der Waals surface area contributed by atoms with Crippen molar-refractivity contribution in [2.75, 3.05) is 7.11 Å². The third kappa shape index (κ3) is 4.51. The summed E-state index contributed by atoms with van der Waals surface area (Å²) in [6.45, 7) is 6.33. The second-order valence-electron chi connectivity index (χ2n) is 8.13. The molecule has 0 atom stereocenters. The SMILES string of the molecule is COc1c(/C=C/c2ccc(C(N)=O)cc2)cc(-c2ccc[nH]c2=O)cc1C(C)(C)C. The number of hydrogen-bond donors (Lipinski definition) is 2. The summed E-state index contributed by atoms with van der Waals surface area (Å²) in [7, 11) is 1.65. The molecule has 3 rings (SSSR count). The van der Waals surface area contributed by atoms with Gasteiger partial charge in [-0.1, -0.05) is 45.1 Å². The van der Waals surface area contributed by atoms with E-state index in [0.717, 1.165) is 28.0 Å². The van der Waals surface area contributed by atoms with Crippen LogP contribution in [0, 0.1) is 0 Å². The minimum Gasteiger partial charge on any atom is -0.496 e. The minimum atomic E-state index is -0.456. The fourth-order valence-electron chi connectivity index (χ4n) is 3.31. The van der Waals surface area contributed by atoms with Gasteiger partial charge in [-0.2, -0.15) is 0 Å². The molecule has 0 aliphatic carbocycles. The number of hydrogen-bond acceptors (Lipinski definition) is 3. The molecule has 0 saturated carbocycles. The Morgan fingerprint density at radius 2 is 1.77 bits per heavy atom. The van der Waals surface area contributed by atoms with Crippen molar-refractivity contribution < 1.29 is 9.53 Å². The zero-order valence-electron chi connectivity index (χ0n) is 17.7. The Labute approximate surface area is 176 Å². The number of nitrogens with two attached hydrogens (primary N) is 1. The molecule has 0 fully saturated rings. The zero-order chi connectivity index (χ0) is 21.9. The van der Waals surface area contributed by atoms with Gasteiger partial charge < -0.3 is 15.5 Å². The van der Waals surface area contributed by atoms with E-state index in [0.29, 0.717) is 11.1 Å². The van der Waals surface area contributed by atoms with Gasteiger partial charge >= 0.3 is 0 Å². The molecule has 0 aliphatic rings. The molecule has 3 aromatic rings. The molecular formula is C25H26N2O3. The zero-order valence-corrected chi connectivity index (χ0v) is 17.7. The molecule has 1 amide bonds. The van der Waals surface area contributed by atoms with Crippen molar-refractivity contribution in [3.63, 3.8) is 0 Å². The fourth-order valence-corrected chi connectivity index (χ4v) is 3.31. The van der Waals surface area contributed by atoms with Crippen molar-refractivity contribution in [2.45, 2.75) is 26.2 Å². The predicted octanol–water partition coefficient (Wildman–Crippen LogP) is 4.62. The van der Waals surface area contributed by atoms with Gasteiger partial charge in [0.1, 0.15) is 5.75 Å². The lowest BCUT2D eigenvalue weighted by atomic mass is 9.83. The lowest BCUT2D eigenvalue weighted by Crippen LogP contribution is -2.15. The number of carbonyl (C=O) groups is 1. The van der Waals surface area contributed by atoms with Crippen LogP contribution in [0.2, 0.25) is 0 Å². The molecule has 0 aliphatic heterocycles. The summed E-state index contributed by atoms with van der Waals surface area (Å²) in [5.41, 5.74) is 9.66. The van der Waals surface area contributed by atoms with E-state index in [1.807, 2.05) is 48.6 Å². The van der Waals surface area contributed by atoms with E-state index in [2.05, 4.69) is 25.8 Å². The number of primary amides is 1. The van der Waals surface area contributed by atoms with Crippen LogP contribution in [-0.4, -0.2) is 18.0 Å². The highest BCUT2D eigenvalue weighted by Crippen LogP contribution is 2.38. The Kier molecular flexibility index (Phi) is 5.92. The first-order chi connectivity index (χ1) is 14.2. The van der Waals surface area contributed by atoms with E-state index in [-0.39, 0.29) is 11.0 Å². The highest BCUT2D eigenvalue weighted by atomic mass is 16.5. The molecule has 5 nitrogen and oxygen atoms in total. The Morgan fingerprint density at radius 3 is 2.33 bits per heavy atom. The maximum Gasteiger partial charge on any atom is 0.255 e. The first-order valence-corrected chi connectivity index (χ1v) is 9.69. The van der Waals surface area contributed by atoms with E-state index in [4.69, 9.17) is 10.5 Å². The Morgan fingerprint density at radius 1 is 1.07 bits per heavy atom. The molecule has 0 saturated heterocycles. The lowest BCUT2D eigenvalue weighted by molar-refractivity contribution is 0.100. The molecule has 0 unspecified atom stereocenters. The van der Waals surface area contributed by atoms with Gasteiger partial charge in [0.15, 0.2) is 0 Å². The van der Waals surface area contributed by atoms with Gasteiger partial charge in [-0.25, -0.2) is 0 Å². The molecule has 1 heterocycles. The van der Waals surface area contributed by atoms with Crippen molar-refractivity contribution >= 4 is 18.1 Å². The number of H-pyrrole nitrogens is 1. The average molecular weight is 402 g/mol. The standard InChI is InChI=1S/C25H26N2O3/c1-25(2,3)21-15-19(20-6-5-13-27-24(20)29)14-18(22(21)30-4)12-9-16-7-10-17(11-8-16)23(26)28/h5-15H,1-4H3,(H2,26,28)(H,27,29)/b12-9+. The van der Waals surface area contributed by atoms with Crippen LogP contribution in [-0.2, 0) is 5.41 Å². The summed E-state index contributed by atoms with van der Waals surface area (Å²) < 4.78 is 5.76. The largest absolute Gasteiger partial charge is 0.496 e. The van der Waals surface area contributed by atoms with Gasteiger partial charge in [0, 0.05) is 28.5 Å². The molecule has 3 N–H and O–H groups in total. The van der Waals surface area contributed by atoms with Crippen molar-refractivity contribution in [1.82, 2.24) is 4.98 Å². The van der Waals surface area contributed by atoms with E-state index < -0.39 is 5.91 Å². The summed E-state index contributed by atoms with van der Waals surface area (Å²) in [6, 6.07) is 14.6. The third-order valence-corrected chi connectivity index (χ3v) is 4.91. The summed E-state index contributed by atoms with van der Waals surface area (Å²) in [5, 5.41) is 0. The number of nitrogens with one attached hydrogen (secondary N) is 1.